The lowest BCUT2D eigenvalue weighted by Crippen LogP contribution is -2.47. The topological polar surface area (TPSA) is 44.7 Å². The molecule has 0 aliphatic carbocycles. The van der Waals surface area contributed by atoms with Crippen molar-refractivity contribution in [1.82, 2.24) is 10.2 Å². The van der Waals surface area contributed by atoms with Crippen LogP contribution in [0.3, 0.4) is 0 Å². The van der Waals surface area contributed by atoms with E-state index in [4.69, 9.17) is 4.74 Å². The Morgan fingerprint density at radius 1 is 1.40 bits per heavy atom. The summed E-state index contributed by atoms with van der Waals surface area (Å²) in [6, 6.07) is 0.557. The second-order valence-electron chi connectivity index (χ2n) is 3.83. The monoisotopic (exact) mass is 218 g/mol. The molecule has 0 heterocycles. The van der Waals surface area contributed by atoms with Crippen molar-refractivity contribution in [2.75, 3.05) is 40.0 Å². The summed E-state index contributed by atoms with van der Waals surface area (Å²) in [4.78, 5) is 2.31. The lowest BCUT2D eigenvalue weighted by atomic mass is 10.2. The van der Waals surface area contributed by atoms with Crippen LogP contribution < -0.4 is 5.32 Å². The molecule has 0 aromatic carbocycles. The predicted molar refractivity (Wildman–Crippen MR) is 63.1 cm³/mol. The van der Waals surface area contributed by atoms with E-state index in [0.29, 0.717) is 6.04 Å². The Kier molecular flexibility index (Phi) is 9.00. The number of nitrogens with zero attached hydrogens (tertiary/aromatic N) is 1. The minimum absolute atomic E-state index is 0.161. The predicted octanol–water partition coefficient (Wildman–Crippen LogP) is 0.314. The fourth-order valence-corrected chi connectivity index (χ4v) is 1.73. The lowest BCUT2D eigenvalue weighted by molar-refractivity contribution is 0.0877. The molecule has 0 saturated carbocycles. The van der Waals surface area contributed by atoms with Crippen molar-refractivity contribution in [3.05, 3.63) is 0 Å². The van der Waals surface area contributed by atoms with E-state index in [1.54, 1.807) is 7.11 Å². The maximum absolute atomic E-state index is 9.19. The molecule has 0 spiro atoms. The van der Waals surface area contributed by atoms with Crippen molar-refractivity contribution in [1.29, 1.82) is 0 Å². The lowest BCUT2D eigenvalue weighted by Gasteiger charge is -2.30. The summed E-state index contributed by atoms with van der Waals surface area (Å²) < 4.78 is 5.14. The van der Waals surface area contributed by atoms with E-state index < -0.39 is 0 Å². The quantitative estimate of drug-likeness (QED) is 0.585. The van der Waals surface area contributed by atoms with E-state index in [-0.39, 0.29) is 12.6 Å². The molecule has 0 rings (SSSR count). The third kappa shape index (κ3) is 6.10. The molecule has 4 nitrogen and oxygen atoms in total. The molecule has 0 aromatic heterocycles. The maximum atomic E-state index is 9.19. The van der Waals surface area contributed by atoms with Crippen molar-refractivity contribution in [3.8, 4) is 0 Å². The number of aliphatic hydroxyl groups excluding tert-OH is 1. The van der Waals surface area contributed by atoms with Crippen LogP contribution in [-0.4, -0.2) is 62.0 Å². The Hall–Kier alpha value is -0.160. The number of aliphatic hydroxyl groups is 1. The van der Waals surface area contributed by atoms with Crippen LogP contribution >= 0.6 is 0 Å². The van der Waals surface area contributed by atoms with Crippen molar-refractivity contribution in [3.63, 3.8) is 0 Å². The van der Waals surface area contributed by atoms with Gasteiger partial charge in [-0.2, -0.15) is 0 Å². The van der Waals surface area contributed by atoms with Crippen LogP contribution in [0.25, 0.3) is 0 Å². The summed E-state index contributed by atoms with van der Waals surface area (Å²) in [5.41, 5.74) is 0. The second-order valence-corrected chi connectivity index (χ2v) is 3.83. The molecule has 92 valence electrons. The summed E-state index contributed by atoms with van der Waals surface area (Å²) in [6.07, 6.45) is 0. The SMILES string of the molecule is CCNC(CO)CN(CC)C(C)COC. The highest BCUT2D eigenvalue weighted by molar-refractivity contribution is 4.74. The Morgan fingerprint density at radius 2 is 2.07 bits per heavy atom. The normalized spacial score (nSPS) is 15.6. The Balaban J connectivity index is 4.04. The molecule has 0 bridgehead atoms. The molecule has 0 amide bonds. The van der Waals surface area contributed by atoms with Gasteiger partial charge < -0.3 is 15.2 Å². The molecule has 15 heavy (non-hydrogen) atoms. The molecule has 4 heteroatoms. The first kappa shape index (κ1) is 14.8. The maximum Gasteiger partial charge on any atom is 0.0615 e. The largest absolute Gasteiger partial charge is 0.395 e. The van der Waals surface area contributed by atoms with Crippen LogP contribution in [0.5, 0.6) is 0 Å². The molecule has 2 unspecified atom stereocenters. The number of rotatable bonds is 9. The molecule has 2 atom stereocenters. The van der Waals surface area contributed by atoms with Crippen LogP contribution in [0.1, 0.15) is 20.8 Å². The van der Waals surface area contributed by atoms with E-state index in [2.05, 4.69) is 31.0 Å². The standard InChI is InChI=1S/C11H26N2O2/c1-5-12-11(8-14)7-13(6-2)10(3)9-15-4/h10-12,14H,5-9H2,1-4H3. The molecule has 0 aliphatic heterocycles. The highest BCUT2D eigenvalue weighted by Crippen LogP contribution is 2.01. The van der Waals surface area contributed by atoms with E-state index >= 15 is 0 Å². The van der Waals surface area contributed by atoms with Gasteiger partial charge in [0.1, 0.15) is 0 Å². The van der Waals surface area contributed by atoms with Gasteiger partial charge in [-0.3, -0.25) is 4.90 Å². The molecule has 0 aliphatic rings. The first-order valence-electron chi connectivity index (χ1n) is 5.76. The minimum atomic E-state index is 0.161. The number of methoxy groups -OCH3 is 1. The van der Waals surface area contributed by atoms with E-state index in [0.717, 1.165) is 26.2 Å². The van der Waals surface area contributed by atoms with Gasteiger partial charge in [0, 0.05) is 25.7 Å². The van der Waals surface area contributed by atoms with Crippen LogP contribution in [-0.2, 0) is 4.74 Å². The molecule has 0 fully saturated rings. The fraction of sp³-hybridized carbons (Fsp3) is 1.00. The van der Waals surface area contributed by atoms with Gasteiger partial charge >= 0.3 is 0 Å². The first-order valence-corrected chi connectivity index (χ1v) is 5.76. The van der Waals surface area contributed by atoms with Crippen molar-refractivity contribution >= 4 is 0 Å². The zero-order valence-corrected chi connectivity index (χ0v) is 10.5. The zero-order valence-electron chi connectivity index (χ0n) is 10.5. The second kappa shape index (κ2) is 9.09. The Morgan fingerprint density at radius 3 is 2.47 bits per heavy atom. The molecule has 0 radical (unpaired) electrons. The highest BCUT2D eigenvalue weighted by Gasteiger charge is 2.16. The van der Waals surface area contributed by atoms with Gasteiger partial charge in [-0.1, -0.05) is 13.8 Å². The van der Waals surface area contributed by atoms with Gasteiger partial charge in [0.2, 0.25) is 0 Å². The zero-order chi connectivity index (χ0) is 11.7. The molecular formula is C11H26N2O2. The molecular weight excluding hydrogens is 192 g/mol. The number of ether oxygens (including phenoxy) is 1. The van der Waals surface area contributed by atoms with Gasteiger partial charge in [-0.05, 0) is 20.0 Å². The van der Waals surface area contributed by atoms with Crippen molar-refractivity contribution in [2.24, 2.45) is 0 Å². The summed E-state index contributed by atoms with van der Waals surface area (Å²) in [5.74, 6) is 0. The Bertz CT molecular complexity index is 145. The summed E-state index contributed by atoms with van der Waals surface area (Å²) in [5, 5.41) is 12.5. The average molecular weight is 218 g/mol. The fourth-order valence-electron chi connectivity index (χ4n) is 1.73. The summed E-state index contributed by atoms with van der Waals surface area (Å²) in [6.45, 7) is 9.98. The number of hydrogen-bond donors (Lipinski definition) is 2. The van der Waals surface area contributed by atoms with Crippen LogP contribution in [0.15, 0.2) is 0 Å². The van der Waals surface area contributed by atoms with Gasteiger partial charge in [0.05, 0.1) is 13.2 Å². The van der Waals surface area contributed by atoms with Gasteiger partial charge in [0.25, 0.3) is 0 Å². The summed E-state index contributed by atoms with van der Waals surface area (Å²) >= 11 is 0. The highest BCUT2D eigenvalue weighted by atomic mass is 16.5. The van der Waals surface area contributed by atoms with E-state index in [1.165, 1.54) is 0 Å². The van der Waals surface area contributed by atoms with E-state index in [9.17, 15) is 5.11 Å². The van der Waals surface area contributed by atoms with Gasteiger partial charge in [0.15, 0.2) is 0 Å². The van der Waals surface area contributed by atoms with Gasteiger partial charge in [-0.25, -0.2) is 0 Å². The van der Waals surface area contributed by atoms with Crippen molar-refractivity contribution < 1.29 is 9.84 Å². The number of hydrogen-bond acceptors (Lipinski definition) is 4. The molecule has 2 N–H and O–H groups in total. The first-order chi connectivity index (χ1) is 7.19. The molecule has 0 saturated heterocycles. The smallest absolute Gasteiger partial charge is 0.0615 e. The number of nitrogens with one attached hydrogen (secondary N) is 1. The van der Waals surface area contributed by atoms with Gasteiger partial charge in [-0.15, -0.1) is 0 Å². The average Bonchev–Trinajstić information content (AvgIpc) is 2.24. The summed E-state index contributed by atoms with van der Waals surface area (Å²) in [7, 11) is 1.72. The Labute approximate surface area is 93.6 Å². The number of likely N-dealkylation sites (N-methyl/N-ethyl adjacent to an activating group) is 2. The third-order valence-electron chi connectivity index (χ3n) is 2.61. The van der Waals surface area contributed by atoms with Crippen LogP contribution in [0.4, 0.5) is 0 Å². The third-order valence-corrected chi connectivity index (χ3v) is 2.61. The van der Waals surface area contributed by atoms with Crippen molar-refractivity contribution in [2.45, 2.75) is 32.9 Å². The van der Waals surface area contributed by atoms with E-state index in [1.807, 2.05) is 0 Å². The minimum Gasteiger partial charge on any atom is -0.395 e. The molecule has 0 aromatic rings. The van der Waals surface area contributed by atoms with Crippen LogP contribution in [0.2, 0.25) is 0 Å². The van der Waals surface area contributed by atoms with Crippen LogP contribution in [0, 0.1) is 0 Å².